The number of aromatic carboxylic acids is 1. The summed E-state index contributed by atoms with van der Waals surface area (Å²) in [5.74, 6) is -0.530. The van der Waals surface area contributed by atoms with Gasteiger partial charge in [-0.15, -0.1) is 0 Å². The van der Waals surface area contributed by atoms with Gasteiger partial charge < -0.3 is 14.8 Å². The van der Waals surface area contributed by atoms with Crippen molar-refractivity contribution in [2.45, 2.75) is 32.1 Å². The van der Waals surface area contributed by atoms with E-state index in [9.17, 15) is 4.79 Å². The molecular weight excluding hydrogens is 206 g/mol. The normalized spacial score (nSPS) is 17.6. The fraction of sp³-hybridized carbons (Fsp3) is 0.583. The first-order valence-electron chi connectivity index (χ1n) is 5.75. The second-order valence-electron chi connectivity index (χ2n) is 4.17. The Hall–Kier alpha value is -1.29. The highest BCUT2D eigenvalue weighted by atomic mass is 16.5. The summed E-state index contributed by atoms with van der Waals surface area (Å²) in [6.07, 6.45) is 2.67. The van der Waals surface area contributed by atoms with E-state index < -0.39 is 5.97 Å². The Balaban J connectivity index is 2.29. The Morgan fingerprint density at radius 2 is 2.25 bits per heavy atom. The van der Waals surface area contributed by atoms with Crippen LogP contribution in [0.1, 0.15) is 47.4 Å². The van der Waals surface area contributed by atoms with Gasteiger partial charge in [0.25, 0.3) is 0 Å². The van der Waals surface area contributed by atoms with E-state index in [0.717, 1.165) is 43.7 Å². The first-order chi connectivity index (χ1) is 7.72. The zero-order chi connectivity index (χ0) is 11.5. The van der Waals surface area contributed by atoms with Crippen LogP contribution in [0.15, 0.2) is 6.07 Å². The van der Waals surface area contributed by atoms with Gasteiger partial charge in [-0.25, -0.2) is 4.79 Å². The molecule has 2 rings (SSSR count). The summed E-state index contributed by atoms with van der Waals surface area (Å²) >= 11 is 0. The van der Waals surface area contributed by atoms with Crippen LogP contribution in [0.4, 0.5) is 0 Å². The molecule has 88 valence electrons. The van der Waals surface area contributed by atoms with Crippen LogP contribution in [0.5, 0.6) is 0 Å². The quantitative estimate of drug-likeness (QED) is 0.825. The van der Waals surface area contributed by atoms with Crippen molar-refractivity contribution in [1.82, 2.24) is 4.98 Å². The number of nitrogens with one attached hydrogen (secondary N) is 1. The highest BCUT2D eigenvalue weighted by Crippen LogP contribution is 2.30. The highest BCUT2D eigenvalue weighted by Gasteiger charge is 2.23. The lowest BCUT2D eigenvalue weighted by atomic mass is 9.91. The molecule has 1 aromatic rings. The average Bonchev–Trinajstić information content (AvgIpc) is 2.74. The Bertz CT molecular complexity index is 378. The first kappa shape index (κ1) is 11.2. The molecule has 4 nitrogen and oxygen atoms in total. The van der Waals surface area contributed by atoms with E-state index in [-0.39, 0.29) is 0 Å². The standard InChI is InChI=1S/C12H17NO3/c1-2-9-7-10(11(13-9)12(14)15)8-3-5-16-6-4-8/h7-8,13H,2-6H2,1H3,(H,14,15). The van der Waals surface area contributed by atoms with Gasteiger partial charge in [0.15, 0.2) is 0 Å². The van der Waals surface area contributed by atoms with Crippen molar-refractivity contribution >= 4 is 5.97 Å². The Labute approximate surface area is 94.6 Å². The fourth-order valence-corrected chi connectivity index (χ4v) is 2.23. The molecule has 2 N–H and O–H groups in total. The van der Waals surface area contributed by atoms with Crippen LogP contribution in [0.2, 0.25) is 0 Å². The van der Waals surface area contributed by atoms with Crippen LogP contribution >= 0.6 is 0 Å². The smallest absolute Gasteiger partial charge is 0.352 e. The molecule has 0 atom stereocenters. The van der Waals surface area contributed by atoms with Gasteiger partial charge in [0, 0.05) is 18.9 Å². The van der Waals surface area contributed by atoms with Gasteiger partial charge in [-0.2, -0.15) is 0 Å². The minimum absolute atomic E-state index is 0.330. The fourth-order valence-electron chi connectivity index (χ4n) is 2.23. The van der Waals surface area contributed by atoms with Crippen molar-refractivity contribution in [2.75, 3.05) is 13.2 Å². The summed E-state index contributed by atoms with van der Waals surface area (Å²) in [5.41, 5.74) is 2.32. The molecule has 0 aliphatic carbocycles. The molecular formula is C12H17NO3. The predicted molar refractivity (Wildman–Crippen MR) is 59.9 cm³/mol. The van der Waals surface area contributed by atoms with Gasteiger partial charge in [0.2, 0.25) is 0 Å². The van der Waals surface area contributed by atoms with Gasteiger partial charge >= 0.3 is 5.97 Å². The third-order valence-electron chi connectivity index (χ3n) is 3.16. The van der Waals surface area contributed by atoms with E-state index in [4.69, 9.17) is 9.84 Å². The molecule has 0 aromatic carbocycles. The summed E-state index contributed by atoms with van der Waals surface area (Å²) in [6.45, 7) is 3.48. The van der Waals surface area contributed by atoms with Gasteiger partial charge in [-0.3, -0.25) is 0 Å². The number of carboxylic acid groups (broad SMARTS) is 1. The summed E-state index contributed by atoms with van der Waals surface area (Å²) < 4.78 is 5.30. The molecule has 1 saturated heterocycles. The molecule has 0 amide bonds. The molecule has 0 saturated carbocycles. The van der Waals surface area contributed by atoms with Crippen molar-refractivity contribution in [3.8, 4) is 0 Å². The Kier molecular flexibility index (Phi) is 3.29. The molecule has 0 spiro atoms. The minimum atomic E-state index is -0.860. The van der Waals surface area contributed by atoms with Crippen molar-refractivity contribution in [1.29, 1.82) is 0 Å². The van der Waals surface area contributed by atoms with Crippen LogP contribution in [0.3, 0.4) is 0 Å². The van der Waals surface area contributed by atoms with E-state index in [0.29, 0.717) is 11.6 Å². The lowest BCUT2D eigenvalue weighted by molar-refractivity contribution is 0.0679. The lowest BCUT2D eigenvalue weighted by Crippen LogP contribution is -2.16. The second-order valence-corrected chi connectivity index (χ2v) is 4.17. The van der Waals surface area contributed by atoms with Crippen molar-refractivity contribution in [3.63, 3.8) is 0 Å². The maximum atomic E-state index is 11.1. The number of carboxylic acids is 1. The number of aromatic nitrogens is 1. The van der Waals surface area contributed by atoms with Gasteiger partial charge in [0.05, 0.1) is 0 Å². The van der Waals surface area contributed by atoms with Gasteiger partial charge in [-0.1, -0.05) is 6.92 Å². The maximum absolute atomic E-state index is 11.1. The molecule has 4 heteroatoms. The van der Waals surface area contributed by atoms with E-state index in [1.54, 1.807) is 0 Å². The topological polar surface area (TPSA) is 62.3 Å². The number of rotatable bonds is 3. The maximum Gasteiger partial charge on any atom is 0.352 e. The molecule has 1 fully saturated rings. The molecule has 0 unspecified atom stereocenters. The molecule has 1 aromatic heterocycles. The largest absolute Gasteiger partial charge is 0.477 e. The second kappa shape index (κ2) is 4.70. The number of ether oxygens (including phenoxy) is 1. The van der Waals surface area contributed by atoms with Crippen molar-refractivity contribution < 1.29 is 14.6 Å². The summed E-state index contributed by atoms with van der Waals surface area (Å²) in [6, 6.07) is 2.00. The van der Waals surface area contributed by atoms with Crippen molar-refractivity contribution in [3.05, 3.63) is 23.0 Å². The third kappa shape index (κ3) is 2.11. The summed E-state index contributed by atoms with van der Waals surface area (Å²) in [5, 5.41) is 9.14. The van der Waals surface area contributed by atoms with E-state index in [1.807, 2.05) is 13.0 Å². The van der Waals surface area contributed by atoms with Crippen LogP contribution in [0, 0.1) is 0 Å². The minimum Gasteiger partial charge on any atom is -0.477 e. The van der Waals surface area contributed by atoms with E-state index >= 15 is 0 Å². The first-order valence-corrected chi connectivity index (χ1v) is 5.75. The number of carbonyl (C=O) groups is 1. The number of aromatic amines is 1. The SMILES string of the molecule is CCc1cc(C2CCOCC2)c(C(=O)O)[nH]1. The zero-order valence-electron chi connectivity index (χ0n) is 9.45. The van der Waals surface area contributed by atoms with Crippen molar-refractivity contribution in [2.24, 2.45) is 0 Å². The summed E-state index contributed by atoms with van der Waals surface area (Å²) in [7, 11) is 0. The predicted octanol–water partition coefficient (Wildman–Crippen LogP) is 2.17. The number of H-pyrrole nitrogens is 1. The number of hydrogen-bond donors (Lipinski definition) is 2. The molecule has 2 heterocycles. The van der Waals surface area contributed by atoms with Gasteiger partial charge in [0.1, 0.15) is 5.69 Å². The Morgan fingerprint density at radius 1 is 1.56 bits per heavy atom. The van der Waals surface area contributed by atoms with Crippen LogP contribution in [-0.4, -0.2) is 29.3 Å². The van der Waals surface area contributed by atoms with E-state index in [1.165, 1.54) is 0 Å². The van der Waals surface area contributed by atoms with Crippen LogP contribution in [0.25, 0.3) is 0 Å². The third-order valence-corrected chi connectivity index (χ3v) is 3.16. The molecule has 0 radical (unpaired) electrons. The molecule has 1 aliphatic rings. The van der Waals surface area contributed by atoms with Gasteiger partial charge in [-0.05, 0) is 36.8 Å². The summed E-state index contributed by atoms with van der Waals surface area (Å²) in [4.78, 5) is 14.1. The highest BCUT2D eigenvalue weighted by molar-refractivity contribution is 5.87. The Morgan fingerprint density at radius 3 is 2.81 bits per heavy atom. The molecule has 16 heavy (non-hydrogen) atoms. The number of aryl methyl sites for hydroxylation is 1. The molecule has 1 aliphatic heterocycles. The molecule has 0 bridgehead atoms. The lowest BCUT2D eigenvalue weighted by Gasteiger charge is -2.21. The zero-order valence-corrected chi connectivity index (χ0v) is 9.45. The average molecular weight is 223 g/mol. The van der Waals surface area contributed by atoms with Crippen LogP contribution < -0.4 is 0 Å². The van der Waals surface area contributed by atoms with E-state index in [2.05, 4.69) is 4.98 Å². The van der Waals surface area contributed by atoms with Crippen LogP contribution in [-0.2, 0) is 11.2 Å². The number of hydrogen-bond acceptors (Lipinski definition) is 2. The monoisotopic (exact) mass is 223 g/mol.